The zero-order valence-electron chi connectivity index (χ0n) is 10.2. The Kier molecular flexibility index (Phi) is 2.49. The summed E-state index contributed by atoms with van der Waals surface area (Å²) in [5.74, 6) is -4.79. The maximum Gasteiger partial charge on any atom is 0.354 e. The first-order chi connectivity index (χ1) is 9.91. The number of ketones is 2. The van der Waals surface area contributed by atoms with Crippen LogP contribution in [0.1, 0.15) is 41.7 Å². The molecule has 104 valence electrons. The second-order valence-corrected chi connectivity index (χ2v) is 4.31. The van der Waals surface area contributed by atoms with E-state index in [1.807, 2.05) is 0 Å². The maximum absolute atomic E-state index is 12.0. The zero-order chi connectivity index (χ0) is 15.3. The number of fused-ring (bicyclic) bond motifs is 3. The summed E-state index contributed by atoms with van der Waals surface area (Å²) in [4.78, 5) is 52.5. The third-order valence-corrected chi connectivity index (χ3v) is 3.13. The van der Waals surface area contributed by atoms with Crippen molar-refractivity contribution in [3.8, 4) is 11.3 Å². The quantitative estimate of drug-likeness (QED) is 0.696. The number of aromatic amines is 1. The van der Waals surface area contributed by atoms with Crippen LogP contribution < -0.4 is 0 Å². The number of carboxylic acids is 2. The van der Waals surface area contributed by atoms with Crippen LogP contribution in [0.4, 0.5) is 0 Å². The van der Waals surface area contributed by atoms with Crippen LogP contribution in [0.2, 0.25) is 0 Å². The molecule has 0 spiro atoms. The van der Waals surface area contributed by atoms with Crippen LogP contribution in [-0.4, -0.2) is 43.7 Å². The molecule has 3 N–H and O–H groups in total. The van der Waals surface area contributed by atoms with Crippen molar-refractivity contribution >= 4 is 23.5 Å². The van der Waals surface area contributed by atoms with Crippen LogP contribution in [0.15, 0.2) is 18.3 Å². The largest absolute Gasteiger partial charge is 0.478 e. The van der Waals surface area contributed by atoms with E-state index in [4.69, 9.17) is 5.11 Å². The molecule has 0 saturated carbocycles. The minimum absolute atomic E-state index is 0.0416. The number of hydrogen-bond donors (Lipinski definition) is 3. The van der Waals surface area contributed by atoms with Gasteiger partial charge in [0.15, 0.2) is 0 Å². The Hall–Kier alpha value is -3.29. The topological polar surface area (TPSA) is 137 Å². The molecule has 1 aliphatic carbocycles. The number of nitrogens with zero attached hydrogens (tertiary/aromatic N) is 1. The van der Waals surface area contributed by atoms with E-state index in [1.165, 1.54) is 12.3 Å². The highest BCUT2D eigenvalue weighted by atomic mass is 16.4. The van der Waals surface area contributed by atoms with Gasteiger partial charge in [0.1, 0.15) is 11.4 Å². The smallest absolute Gasteiger partial charge is 0.354 e. The minimum Gasteiger partial charge on any atom is -0.478 e. The minimum atomic E-state index is -1.49. The average molecular weight is 286 g/mol. The van der Waals surface area contributed by atoms with Gasteiger partial charge in [-0.15, -0.1) is 0 Å². The Bertz CT molecular complexity index is 848. The van der Waals surface area contributed by atoms with Crippen molar-refractivity contribution in [2.24, 2.45) is 0 Å². The summed E-state index contributed by atoms with van der Waals surface area (Å²) in [6.45, 7) is 0. The Morgan fingerprint density at radius 3 is 2.43 bits per heavy atom. The third-order valence-electron chi connectivity index (χ3n) is 3.13. The van der Waals surface area contributed by atoms with Gasteiger partial charge in [-0.2, -0.15) is 0 Å². The van der Waals surface area contributed by atoms with Crippen molar-refractivity contribution in [3.63, 3.8) is 0 Å². The predicted molar refractivity (Wildman–Crippen MR) is 66.6 cm³/mol. The third kappa shape index (κ3) is 1.66. The van der Waals surface area contributed by atoms with Crippen LogP contribution in [0.3, 0.4) is 0 Å². The fraction of sp³-hybridized carbons (Fsp3) is 0. The van der Waals surface area contributed by atoms with Gasteiger partial charge in [0.05, 0.1) is 16.8 Å². The van der Waals surface area contributed by atoms with Gasteiger partial charge in [-0.1, -0.05) is 0 Å². The molecular formula is C13H6N2O6. The molecule has 0 aliphatic heterocycles. The van der Waals surface area contributed by atoms with Crippen molar-refractivity contribution in [3.05, 3.63) is 40.8 Å². The van der Waals surface area contributed by atoms with Gasteiger partial charge in [-0.05, 0) is 12.1 Å². The van der Waals surface area contributed by atoms with E-state index in [9.17, 15) is 24.3 Å². The SMILES string of the molecule is O=C(O)c1cc(C(=O)O)c2c(n1)C(=O)C(=O)c1cc[nH]c1-2. The van der Waals surface area contributed by atoms with Crippen molar-refractivity contribution < 1.29 is 29.4 Å². The highest BCUT2D eigenvalue weighted by molar-refractivity contribution is 6.52. The van der Waals surface area contributed by atoms with Crippen molar-refractivity contribution in [1.29, 1.82) is 0 Å². The summed E-state index contributed by atoms with van der Waals surface area (Å²) < 4.78 is 0. The normalized spacial score (nSPS) is 12.8. The van der Waals surface area contributed by atoms with Crippen LogP contribution in [0, 0.1) is 0 Å². The lowest BCUT2D eigenvalue weighted by atomic mass is 9.88. The number of carbonyl (C=O) groups is 4. The summed E-state index contributed by atoms with van der Waals surface area (Å²) in [6.07, 6.45) is 1.39. The Morgan fingerprint density at radius 1 is 1.10 bits per heavy atom. The molecule has 0 amide bonds. The molecule has 8 nitrogen and oxygen atoms in total. The standard InChI is InChI=1S/C13H6N2O6/c16-10-4-1-2-14-8(4)7-5(12(18)19)3-6(13(20)21)15-9(7)11(10)17/h1-3,14H,(H,18,19)(H,20,21). The van der Waals surface area contributed by atoms with Crippen LogP contribution >= 0.6 is 0 Å². The molecule has 2 aromatic heterocycles. The molecule has 1 aliphatic rings. The molecule has 2 heterocycles. The molecule has 0 aromatic carbocycles. The fourth-order valence-corrected chi connectivity index (χ4v) is 2.24. The molecule has 21 heavy (non-hydrogen) atoms. The van der Waals surface area contributed by atoms with Gasteiger partial charge < -0.3 is 15.2 Å². The lowest BCUT2D eigenvalue weighted by Crippen LogP contribution is -2.25. The first-order valence-corrected chi connectivity index (χ1v) is 5.70. The van der Waals surface area contributed by atoms with Crippen molar-refractivity contribution in [1.82, 2.24) is 9.97 Å². The molecule has 0 radical (unpaired) electrons. The number of pyridine rings is 1. The number of Topliss-reactive ketones (excluding diaryl/α,β-unsaturated/α-hetero) is 2. The van der Waals surface area contributed by atoms with E-state index in [2.05, 4.69) is 9.97 Å². The first kappa shape index (κ1) is 12.7. The summed E-state index contributed by atoms with van der Waals surface area (Å²) in [5, 5.41) is 18.2. The van der Waals surface area contributed by atoms with E-state index >= 15 is 0 Å². The monoisotopic (exact) mass is 286 g/mol. The number of rotatable bonds is 2. The van der Waals surface area contributed by atoms with E-state index in [0.29, 0.717) is 0 Å². The second-order valence-electron chi connectivity index (χ2n) is 4.31. The number of aromatic nitrogens is 2. The molecule has 3 rings (SSSR count). The van der Waals surface area contributed by atoms with Gasteiger partial charge >= 0.3 is 11.9 Å². The number of carbonyl (C=O) groups excluding carboxylic acids is 2. The summed E-state index contributed by atoms with van der Waals surface area (Å²) in [6, 6.07) is 2.21. The van der Waals surface area contributed by atoms with Crippen LogP contribution in [0.5, 0.6) is 0 Å². The van der Waals surface area contributed by atoms with Crippen LogP contribution in [0.25, 0.3) is 11.3 Å². The van der Waals surface area contributed by atoms with Gasteiger partial charge in [-0.25, -0.2) is 14.6 Å². The van der Waals surface area contributed by atoms with Gasteiger partial charge in [-0.3, -0.25) is 9.59 Å². The first-order valence-electron chi connectivity index (χ1n) is 5.70. The second kappa shape index (κ2) is 4.10. The van der Waals surface area contributed by atoms with E-state index in [1.54, 1.807) is 0 Å². The molecular weight excluding hydrogens is 280 g/mol. The molecule has 0 unspecified atom stereocenters. The Labute approximate surface area is 116 Å². The molecule has 0 fully saturated rings. The predicted octanol–water partition coefficient (Wildman–Crippen LogP) is 0.852. The maximum atomic E-state index is 12.0. The number of carboxylic acid groups (broad SMARTS) is 2. The number of hydrogen-bond acceptors (Lipinski definition) is 5. The lowest BCUT2D eigenvalue weighted by molar-refractivity contribution is 0.0689. The molecule has 8 heteroatoms. The van der Waals surface area contributed by atoms with Gasteiger partial charge in [0.25, 0.3) is 5.78 Å². The molecule has 0 bridgehead atoms. The zero-order valence-corrected chi connectivity index (χ0v) is 10.2. The summed E-state index contributed by atoms with van der Waals surface area (Å²) in [7, 11) is 0. The molecule has 0 atom stereocenters. The highest BCUT2D eigenvalue weighted by Crippen LogP contribution is 2.34. The average Bonchev–Trinajstić information content (AvgIpc) is 2.92. The van der Waals surface area contributed by atoms with Crippen molar-refractivity contribution in [2.45, 2.75) is 0 Å². The van der Waals surface area contributed by atoms with Gasteiger partial charge in [0, 0.05) is 11.8 Å². The highest BCUT2D eigenvalue weighted by Gasteiger charge is 2.36. The lowest BCUT2D eigenvalue weighted by Gasteiger charge is -2.16. The Balaban J connectivity index is 2.45. The van der Waals surface area contributed by atoms with Gasteiger partial charge in [0.2, 0.25) is 5.78 Å². The van der Waals surface area contributed by atoms with E-state index < -0.39 is 40.5 Å². The van der Waals surface area contributed by atoms with E-state index in [0.717, 1.165) is 6.07 Å². The number of H-pyrrole nitrogens is 1. The van der Waals surface area contributed by atoms with Crippen molar-refractivity contribution in [2.75, 3.05) is 0 Å². The number of aromatic carboxylic acids is 2. The Morgan fingerprint density at radius 2 is 1.81 bits per heavy atom. The molecule has 2 aromatic rings. The molecule has 0 saturated heterocycles. The number of nitrogens with one attached hydrogen (secondary N) is 1. The summed E-state index contributed by atoms with van der Waals surface area (Å²) in [5.41, 5.74) is -1.36. The van der Waals surface area contributed by atoms with E-state index in [-0.39, 0.29) is 16.8 Å². The summed E-state index contributed by atoms with van der Waals surface area (Å²) >= 11 is 0. The van der Waals surface area contributed by atoms with Crippen LogP contribution in [-0.2, 0) is 0 Å². The fourth-order valence-electron chi connectivity index (χ4n) is 2.24.